The number of urea groups is 1. The van der Waals surface area contributed by atoms with Gasteiger partial charge in [-0.3, -0.25) is 0 Å². The van der Waals surface area contributed by atoms with Crippen molar-refractivity contribution in [3.05, 3.63) is 15.6 Å². The van der Waals surface area contributed by atoms with Gasteiger partial charge in [0.05, 0.1) is 16.8 Å². The van der Waals surface area contributed by atoms with Crippen LogP contribution in [0.4, 0.5) is 4.79 Å². The van der Waals surface area contributed by atoms with Crippen LogP contribution in [0.25, 0.3) is 0 Å². The Bertz CT molecular complexity index is 408. The lowest BCUT2D eigenvalue weighted by atomic mass is 10.2. The van der Waals surface area contributed by atoms with Gasteiger partial charge in [0.15, 0.2) is 0 Å². The molecule has 0 aromatic carbocycles. The molecule has 1 aromatic rings. The van der Waals surface area contributed by atoms with Crippen LogP contribution in [0.1, 0.15) is 28.4 Å². The number of nitrogens with zero attached hydrogens (tertiary/aromatic N) is 1. The number of ether oxygens (including phenoxy) is 1. The quantitative estimate of drug-likeness (QED) is 0.866. The van der Waals surface area contributed by atoms with Gasteiger partial charge in [0, 0.05) is 31.0 Å². The topological polar surface area (TPSA) is 63.2 Å². The van der Waals surface area contributed by atoms with Gasteiger partial charge in [-0.2, -0.15) is 0 Å². The SMILES string of the molecule is Cc1nc(CCNC(=O)NCC2CCCO2)sc1C. The summed E-state index contributed by atoms with van der Waals surface area (Å²) in [4.78, 5) is 17.3. The lowest BCUT2D eigenvalue weighted by molar-refractivity contribution is 0.111. The Morgan fingerprint density at radius 1 is 1.47 bits per heavy atom. The van der Waals surface area contributed by atoms with Gasteiger partial charge in [-0.15, -0.1) is 11.3 Å². The molecule has 19 heavy (non-hydrogen) atoms. The van der Waals surface area contributed by atoms with Gasteiger partial charge in [0.1, 0.15) is 0 Å². The Labute approximate surface area is 117 Å². The number of rotatable bonds is 5. The molecule has 0 bridgehead atoms. The summed E-state index contributed by atoms with van der Waals surface area (Å²) in [6.07, 6.45) is 3.11. The van der Waals surface area contributed by atoms with Crippen molar-refractivity contribution in [1.82, 2.24) is 15.6 Å². The molecule has 0 saturated carbocycles. The molecule has 6 heteroatoms. The van der Waals surface area contributed by atoms with Crippen LogP contribution in [0.5, 0.6) is 0 Å². The highest BCUT2D eigenvalue weighted by Gasteiger charge is 2.15. The van der Waals surface area contributed by atoms with Crippen molar-refractivity contribution >= 4 is 17.4 Å². The van der Waals surface area contributed by atoms with Crippen molar-refractivity contribution in [3.63, 3.8) is 0 Å². The lowest BCUT2D eigenvalue weighted by Crippen LogP contribution is -2.40. The molecule has 1 unspecified atom stereocenters. The Morgan fingerprint density at radius 3 is 2.95 bits per heavy atom. The van der Waals surface area contributed by atoms with Gasteiger partial charge >= 0.3 is 6.03 Å². The highest BCUT2D eigenvalue weighted by atomic mass is 32.1. The Kier molecular flexibility index (Phi) is 5.15. The van der Waals surface area contributed by atoms with Gasteiger partial charge in [0.25, 0.3) is 0 Å². The molecule has 1 aliphatic rings. The molecule has 1 aliphatic heterocycles. The van der Waals surface area contributed by atoms with E-state index in [1.807, 2.05) is 6.92 Å². The van der Waals surface area contributed by atoms with E-state index in [9.17, 15) is 4.79 Å². The molecule has 5 nitrogen and oxygen atoms in total. The molecular weight excluding hydrogens is 262 g/mol. The summed E-state index contributed by atoms with van der Waals surface area (Å²) in [6, 6.07) is -0.125. The second-order valence-electron chi connectivity index (χ2n) is 4.77. The molecule has 1 aromatic heterocycles. The Hall–Kier alpha value is -1.14. The van der Waals surface area contributed by atoms with E-state index >= 15 is 0 Å². The fourth-order valence-corrected chi connectivity index (χ4v) is 2.94. The maximum atomic E-state index is 11.6. The molecule has 1 atom stereocenters. The second-order valence-corrected chi connectivity index (χ2v) is 6.06. The smallest absolute Gasteiger partial charge is 0.314 e. The minimum Gasteiger partial charge on any atom is -0.376 e. The van der Waals surface area contributed by atoms with E-state index in [1.165, 1.54) is 4.88 Å². The molecule has 2 heterocycles. The van der Waals surface area contributed by atoms with Crippen LogP contribution in [0, 0.1) is 13.8 Å². The summed E-state index contributed by atoms with van der Waals surface area (Å²) in [7, 11) is 0. The normalized spacial score (nSPS) is 18.5. The monoisotopic (exact) mass is 283 g/mol. The van der Waals surface area contributed by atoms with Crippen LogP contribution in [-0.4, -0.2) is 36.8 Å². The number of carbonyl (C=O) groups excluding carboxylic acids is 1. The number of nitrogens with one attached hydrogen (secondary N) is 2. The largest absolute Gasteiger partial charge is 0.376 e. The first-order valence-corrected chi connectivity index (χ1v) is 7.53. The third kappa shape index (κ3) is 4.47. The van der Waals surface area contributed by atoms with E-state index in [0.29, 0.717) is 13.1 Å². The number of thiazole rings is 1. The van der Waals surface area contributed by atoms with Crippen LogP contribution < -0.4 is 10.6 Å². The van der Waals surface area contributed by atoms with Gasteiger partial charge in [-0.05, 0) is 26.7 Å². The Balaban J connectivity index is 1.60. The van der Waals surface area contributed by atoms with Gasteiger partial charge in [0.2, 0.25) is 0 Å². The van der Waals surface area contributed by atoms with E-state index in [1.54, 1.807) is 11.3 Å². The van der Waals surface area contributed by atoms with Crippen LogP contribution in [-0.2, 0) is 11.2 Å². The summed E-state index contributed by atoms with van der Waals surface area (Å²) in [5.41, 5.74) is 1.09. The summed E-state index contributed by atoms with van der Waals surface area (Å²) in [5.74, 6) is 0. The molecule has 0 spiro atoms. The van der Waals surface area contributed by atoms with Crippen molar-refractivity contribution in [1.29, 1.82) is 0 Å². The van der Waals surface area contributed by atoms with Crippen LogP contribution in [0.2, 0.25) is 0 Å². The zero-order chi connectivity index (χ0) is 13.7. The summed E-state index contributed by atoms with van der Waals surface area (Å²) in [6.45, 7) is 6.11. The van der Waals surface area contributed by atoms with Crippen LogP contribution in [0.15, 0.2) is 0 Å². The van der Waals surface area contributed by atoms with Crippen LogP contribution >= 0.6 is 11.3 Å². The second kappa shape index (κ2) is 6.86. The summed E-state index contributed by atoms with van der Waals surface area (Å²) < 4.78 is 5.44. The molecule has 0 aliphatic carbocycles. The van der Waals surface area contributed by atoms with Gasteiger partial charge in [-0.25, -0.2) is 9.78 Å². The molecule has 2 amide bonds. The highest BCUT2D eigenvalue weighted by Crippen LogP contribution is 2.16. The molecule has 2 N–H and O–H groups in total. The standard InChI is InChI=1S/C13H21N3O2S/c1-9-10(2)19-12(16-9)5-6-14-13(17)15-8-11-4-3-7-18-11/h11H,3-8H2,1-2H3,(H2,14,15,17). The van der Waals surface area contributed by atoms with Crippen molar-refractivity contribution < 1.29 is 9.53 Å². The third-order valence-electron chi connectivity index (χ3n) is 3.21. The molecule has 0 radical (unpaired) electrons. The first-order valence-electron chi connectivity index (χ1n) is 6.71. The third-order valence-corrected chi connectivity index (χ3v) is 4.34. The minimum atomic E-state index is -0.125. The van der Waals surface area contributed by atoms with E-state index < -0.39 is 0 Å². The predicted octanol–water partition coefficient (Wildman–Crippen LogP) is 1.78. The van der Waals surface area contributed by atoms with Crippen molar-refractivity contribution in [2.75, 3.05) is 19.7 Å². The van der Waals surface area contributed by atoms with E-state index in [0.717, 1.165) is 36.6 Å². The maximum absolute atomic E-state index is 11.6. The average molecular weight is 283 g/mol. The van der Waals surface area contributed by atoms with Crippen molar-refractivity contribution in [3.8, 4) is 0 Å². The molecule has 2 rings (SSSR count). The van der Waals surface area contributed by atoms with Gasteiger partial charge < -0.3 is 15.4 Å². The Morgan fingerprint density at radius 2 is 2.32 bits per heavy atom. The van der Waals surface area contributed by atoms with Crippen LogP contribution in [0.3, 0.4) is 0 Å². The molecule has 1 saturated heterocycles. The predicted molar refractivity (Wildman–Crippen MR) is 75.7 cm³/mol. The van der Waals surface area contributed by atoms with Crippen molar-refractivity contribution in [2.24, 2.45) is 0 Å². The number of aromatic nitrogens is 1. The molecule has 106 valence electrons. The van der Waals surface area contributed by atoms with E-state index in [2.05, 4.69) is 22.5 Å². The first kappa shape index (κ1) is 14.3. The van der Waals surface area contributed by atoms with E-state index in [4.69, 9.17) is 4.74 Å². The van der Waals surface area contributed by atoms with E-state index in [-0.39, 0.29) is 12.1 Å². The maximum Gasteiger partial charge on any atom is 0.314 e. The number of hydrogen-bond acceptors (Lipinski definition) is 4. The number of carbonyl (C=O) groups is 1. The minimum absolute atomic E-state index is 0.125. The first-order chi connectivity index (χ1) is 9.15. The number of aryl methyl sites for hydroxylation is 2. The lowest BCUT2D eigenvalue weighted by Gasteiger charge is -2.11. The number of amides is 2. The average Bonchev–Trinajstić information content (AvgIpc) is 2.98. The summed E-state index contributed by atoms with van der Waals surface area (Å²) in [5, 5.41) is 6.76. The fraction of sp³-hybridized carbons (Fsp3) is 0.692. The number of hydrogen-bond donors (Lipinski definition) is 2. The van der Waals surface area contributed by atoms with Gasteiger partial charge in [-0.1, -0.05) is 0 Å². The zero-order valence-electron chi connectivity index (χ0n) is 11.5. The molecule has 1 fully saturated rings. The fourth-order valence-electron chi connectivity index (χ4n) is 2.00. The summed E-state index contributed by atoms with van der Waals surface area (Å²) >= 11 is 1.70. The zero-order valence-corrected chi connectivity index (χ0v) is 12.3. The van der Waals surface area contributed by atoms with Crippen molar-refractivity contribution in [2.45, 2.75) is 39.2 Å². The highest BCUT2D eigenvalue weighted by molar-refractivity contribution is 7.11. The molecular formula is C13H21N3O2S.